The van der Waals surface area contributed by atoms with E-state index in [0.29, 0.717) is 29.5 Å². The van der Waals surface area contributed by atoms with Crippen LogP contribution in [0.4, 0.5) is 11.4 Å². The SMILES string of the molecule is CCNC(=O)CN(CC)CC(=O)Nc1ccc(N)cc1Cl. The van der Waals surface area contributed by atoms with Gasteiger partial charge in [-0.05, 0) is 31.7 Å². The first-order valence-electron chi connectivity index (χ1n) is 6.80. The molecule has 1 aromatic rings. The number of anilines is 2. The smallest absolute Gasteiger partial charge is 0.238 e. The number of hydrogen-bond acceptors (Lipinski definition) is 4. The van der Waals surface area contributed by atoms with Crippen molar-refractivity contribution < 1.29 is 9.59 Å². The lowest BCUT2D eigenvalue weighted by Gasteiger charge is -2.19. The fourth-order valence-electron chi connectivity index (χ4n) is 1.76. The summed E-state index contributed by atoms with van der Waals surface area (Å²) in [6, 6.07) is 4.88. The van der Waals surface area contributed by atoms with Crippen molar-refractivity contribution in [2.75, 3.05) is 37.2 Å². The molecule has 1 aromatic carbocycles. The lowest BCUT2D eigenvalue weighted by molar-refractivity contribution is -0.123. The highest BCUT2D eigenvalue weighted by Gasteiger charge is 2.13. The molecular weight excluding hydrogens is 292 g/mol. The van der Waals surface area contributed by atoms with Crippen LogP contribution in [0.15, 0.2) is 18.2 Å². The molecule has 0 aliphatic carbocycles. The molecule has 0 aromatic heterocycles. The van der Waals surface area contributed by atoms with E-state index in [2.05, 4.69) is 10.6 Å². The summed E-state index contributed by atoms with van der Waals surface area (Å²) in [7, 11) is 0. The zero-order valence-electron chi connectivity index (χ0n) is 12.3. The summed E-state index contributed by atoms with van der Waals surface area (Å²) < 4.78 is 0. The largest absolute Gasteiger partial charge is 0.399 e. The van der Waals surface area contributed by atoms with Crippen molar-refractivity contribution in [3.63, 3.8) is 0 Å². The van der Waals surface area contributed by atoms with E-state index in [0.717, 1.165) is 0 Å². The van der Waals surface area contributed by atoms with Gasteiger partial charge in [0.25, 0.3) is 0 Å². The Morgan fingerprint density at radius 2 is 1.90 bits per heavy atom. The maximum atomic E-state index is 12.0. The number of carbonyl (C=O) groups excluding carboxylic acids is 2. The molecule has 0 aliphatic rings. The molecule has 0 atom stereocenters. The molecule has 0 spiro atoms. The second kappa shape index (κ2) is 8.49. The van der Waals surface area contributed by atoms with Crippen LogP contribution in [0.1, 0.15) is 13.8 Å². The molecule has 0 unspecified atom stereocenters. The van der Waals surface area contributed by atoms with Crippen LogP contribution in [0.3, 0.4) is 0 Å². The predicted molar refractivity (Wildman–Crippen MR) is 85.3 cm³/mol. The van der Waals surface area contributed by atoms with Gasteiger partial charge in [0.15, 0.2) is 0 Å². The van der Waals surface area contributed by atoms with Gasteiger partial charge >= 0.3 is 0 Å². The molecule has 116 valence electrons. The van der Waals surface area contributed by atoms with Gasteiger partial charge in [-0.3, -0.25) is 14.5 Å². The summed E-state index contributed by atoms with van der Waals surface area (Å²) in [6.45, 7) is 5.22. The van der Waals surface area contributed by atoms with Gasteiger partial charge in [0.05, 0.1) is 23.8 Å². The molecule has 2 amide bonds. The van der Waals surface area contributed by atoms with Crippen molar-refractivity contribution in [1.82, 2.24) is 10.2 Å². The van der Waals surface area contributed by atoms with Gasteiger partial charge in [0.1, 0.15) is 0 Å². The molecule has 1 rings (SSSR count). The number of benzene rings is 1. The molecule has 7 heteroatoms. The Morgan fingerprint density at radius 1 is 1.24 bits per heavy atom. The van der Waals surface area contributed by atoms with Gasteiger partial charge in [-0.25, -0.2) is 0 Å². The molecule has 21 heavy (non-hydrogen) atoms. The molecule has 0 aliphatic heterocycles. The van der Waals surface area contributed by atoms with Gasteiger partial charge in [0, 0.05) is 12.2 Å². The van der Waals surface area contributed by atoms with Crippen LogP contribution in [0.25, 0.3) is 0 Å². The molecule has 0 saturated heterocycles. The average molecular weight is 313 g/mol. The summed E-state index contributed by atoms with van der Waals surface area (Å²) in [5.74, 6) is -0.328. The number of hydrogen-bond donors (Lipinski definition) is 3. The van der Waals surface area contributed by atoms with E-state index in [1.54, 1.807) is 23.1 Å². The van der Waals surface area contributed by atoms with Gasteiger partial charge in [-0.15, -0.1) is 0 Å². The highest BCUT2D eigenvalue weighted by atomic mass is 35.5. The Balaban J connectivity index is 2.56. The number of rotatable bonds is 7. The number of nitrogens with one attached hydrogen (secondary N) is 2. The van der Waals surface area contributed by atoms with Crippen LogP contribution < -0.4 is 16.4 Å². The fraction of sp³-hybridized carbons (Fsp3) is 0.429. The van der Waals surface area contributed by atoms with E-state index in [4.69, 9.17) is 17.3 Å². The standard InChI is InChI=1S/C14H21ClN4O2/c1-3-17-13(20)8-19(4-2)9-14(21)18-12-6-5-10(16)7-11(12)15/h5-7H,3-4,8-9,16H2,1-2H3,(H,17,20)(H,18,21). The molecule has 0 bridgehead atoms. The maximum Gasteiger partial charge on any atom is 0.238 e. The molecular formula is C14H21ClN4O2. The monoisotopic (exact) mass is 312 g/mol. The predicted octanol–water partition coefficient (Wildman–Crippen LogP) is 1.32. The first-order valence-corrected chi connectivity index (χ1v) is 7.18. The van der Waals surface area contributed by atoms with Crippen LogP contribution >= 0.6 is 11.6 Å². The van der Waals surface area contributed by atoms with Gasteiger partial charge < -0.3 is 16.4 Å². The van der Waals surface area contributed by atoms with Crippen LogP contribution in [-0.4, -0.2) is 42.9 Å². The van der Waals surface area contributed by atoms with Crippen molar-refractivity contribution in [3.05, 3.63) is 23.2 Å². The lowest BCUT2D eigenvalue weighted by Crippen LogP contribution is -2.41. The molecule has 0 radical (unpaired) electrons. The van der Waals surface area contributed by atoms with E-state index in [-0.39, 0.29) is 24.9 Å². The van der Waals surface area contributed by atoms with E-state index < -0.39 is 0 Å². The van der Waals surface area contributed by atoms with E-state index in [9.17, 15) is 9.59 Å². The summed E-state index contributed by atoms with van der Waals surface area (Å²) >= 11 is 6.00. The normalized spacial score (nSPS) is 10.5. The summed E-state index contributed by atoms with van der Waals surface area (Å²) in [5, 5.41) is 5.79. The van der Waals surface area contributed by atoms with Crippen LogP contribution in [0.2, 0.25) is 5.02 Å². The van der Waals surface area contributed by atoms with Crippen molar-refractivity contribution in [2.24, 2.45) is 0 Å². The number of halogens is 1. The Kier molecular flexibility index (Phi) is 6.98. The third-order valence-corrected chi connectivity index (χ3v) is 3.14. The lowest BCUT2D eigenvalue weighted by atomic mass is 10.3. The van der Waals surface area contributed by atoms with Crippen molar-refractivity contribution in [3.8, 4) is 0 Å². The minimum atomic E-state index is -0.229. The first-order chi connectivity index (χ1) is 9.96. The first kappa shape index (κ1) is 17.3. The van der Waals surface area contributed by atoms with Crippen LogP contribution in [0, 0.1) is 0 Å². The van der Waals surface area contributed by atoms with E-state index in [1.807, 2.05) is 13.8 Å². The Labute approximate surface area is 129 Å². The van der Waals surface area contributed by atoms with Gasteiger partial charge in [-0.1, -0.05) is 18.5 Å². The highest BCUT2D eigenvalue weighted by molar-refractivity contribution is 6.34. The second-order valence-corrected chi connectivity index (χ2v) is 4.95. The zero-order chi connectivity index (χ0) is 15.8. The number of likely N-dealkylation sites (N-methyl/N-ethyl adjacent to an activating group) is 2. The number of carbonyl (C=O) groups is 2. The Hall–Kier alpha value is -1.79. The Morgan fingerprint density at radius 3 is 2.48 bits per heavy atom. The summed E-state index contributed by atoms with van der Waals surface area (Å²) in [6.07, 6.45) is 0. The number of amides is 2. The number of nitrogens with two attached hydrogens (primary N) is 1. The number of nitrogens with zero attached hydrogens (tertiary/aromatic N) is 1. The zero-order valence-corrected chi connectivity index (χ0v) is 13.0. The van der Waals surface area contributed by atoms with E-state index >= 15 is 0 Å². The topological polar surface area (TPSA) is 87.5 Å². The van der Waals surface area contributed by atoms with E-state index in [1.165, 1.54) is 0 Å². The molecule has 0 heterocycles. The third kappa shape index (κ3) is 6.01. The minimum Gasteiger partial charge on any atom is -0.399 e. The van der Waals surface area contributed by atoms with Crippen molar-refractivity contribution in [1.29, 1.82) is 0 Å². The molecule has 0 saturated carbocycles. The minimum absolute atomic E-state index is 0.0994. The number of nitrogen functional groups attached to an aromatic ring is 1. The van der Waals surface area contributed by atoms with Gasteiger partial charge in [0.2, 0.25) is 11.8 Å². The summed E-state index contributed by atoms with van der Waals surface area (Å²) in [5.41, 5.74) is 6.63. The third-order valence-electron chi connectivity index (χ3n) is 2.82. The molecule has 6 nitrogen and oxygen atoms in total. The van der Waals surface area contributed by atoms with Crippen molar-refractivity contribution >= 4 is 34.8 Å². The van der Waals surface area contributed by atoms with Crippen molar-refractivity contribution in [2.45, 2.75) is 13.8 Å². The maximum absolute atomic E-state index is 12.0. The summed E-state index contributed by atoms with van der Waals surface area (Å²) in [4.78, 5) is 25.2. The average Bonchev–Trinajstić information content (AvgIpc) is 2.41. The van der Waals surface area contributed by atoms with Gasteiger partial charge in [-0.2, -0.15) is 0 Å². The van der Waals surface area contributed by atoms with Crippen LogP contribution in [0.5, 0.6) is 0 Å². The quantitative estimate of drug-likeness (QED) is 0.663. The molecule has 0 fully saturated rings. The molecule has 4 N–H and O–H groups in total. The fourth-order valence-corrected chi connectivity index (χ4v) is 2.00. The highest BCUT2D eigenvalue weighted by Crippen LogP contribution is 2.23. The second-order valence-electron chi connectivity index (χ2n) is 4.54. The van der Waals surface area contributed by atoms with Crippen LogP contribution in [-0.2, 0) is 9.59 Å². The Bertz CT molecular complexity index is 508.